The number of amides is 1. The summed E-state index contributed by atoms with van der Waals surface area (Å²) < 4.78 is 4.94. The van der Waals surface area contributed by atoms with E-state index in [0.29, 0.717) is 18.1 Å². The van der Waals surface area contributed by atoms with E-state index in [-0.39, 0.29) is 11.9 Å². The van der Waals surface area contributed by atoms with Gasteiger partial charge in [-0.05, 0) is 37.3 Å². The van der Waals surface area contributed by atoms with Crippen molar-refractivity contribution in [2.24, 2.45) is 0 Å². The zero-order valence-electron chi connectivity index (χ0n) is 11.5. The average molecular weight is 291 g/mol. The van der Waals surface area contributed by atoms with Gasteiger partial charge in [0.25, 0.3) is 0 Å². The van der Waals surface area contributed by atoms with Gasteiger partial charge in [0, 0.05) is 23.5 Å². The molecule has 1 aliphatic rings. The number of fused-ring (bicyclic) bond motifs is 1. The number of carbonyl (C=O) groups excluding carboxylic acids is 1. The second kappa shape index (κ2) is 5.38. The molecule has 0 fully saturated rings. The second-order valence-electron chi connectivity index (χ2n) is 5.07. The van der Waals surface area contributed by atoms with Crippen LogP contribution in [0.3, 0.4) is 0 Å². The highest BCUT2D eigenvalue weighted by molar-refractivity contribution is 7.10. The van der Waals surface area contributed by atoms with Crippen LogP contribution in [0.2, 0.25) is 0 Å². The normalized spacial score (nSPS) is 18.8. The first-order valence-corrected chi connectivity index (χ1v) is 7.55. The van der Waals surface area contributed by atoms with Gasteiger partial charge in [0.15, 0.2) is 5.82 Å². The van der Waals surface area contributed by atoms with Crippen molar-refractivity contribution in [2.75, 3.05) is 18.4 Å². The predicted molar refractivity (Wildman–Crippen MR) is 77.9 cm³/mol. The second-order valence-corrected chi connectivity index (χ2v) is 6.07. The van der Waals surface area contributed by atoms with Crippen molar-refractivity contribution in [3.8, 4) is 0 Å². The molecular weight excluding hydrogens is 274 g/mol. The minimum absolute atomic E-state index is 0.0520. The Labute approximate surface area is 121 Å². The maximum atomic E-state index is 12.1. The molecule has 1 aliphatic heterocycles. The van der Waals surface area contributed by atoms with E-state index >= 15 is 0 Å². The molecule has 0 unspecified atom stereocenters. The molecule has 0 aromatic carbocycles. The monoisotopic (exact) mass is 291 g/mol. The zero-order chi connectivity index (χ0) is 14.1. The Kier molecular flexibility index (Phi) is 3.58. The van der Waals surface area contributed by atoms with Crippen molar-refractivity contribution in [1.29, 1.82) is 0 Å². The Bertz CT molecular complexity index is 619. The number of thiophene rings is 1. The number of anilines is 1. The van der Waals surface area contributed by atoms with Crippen LogP contribution in [0.25, 0.3) is 0 Å². The summed E-state index contributed by atoms with van der Waals surface area (Å²) in [6.45, 7) is 5.24. The molecule has 0 radical (unpaired) electrons. The van der Waals surface area contributed by atoms with E-state index in [9.17, 15) is 4.79 Å². The van der Waals surface area contributed by atoms with Gasteiger partial charge >= 0.3 is 0 Å². The molecule has 5 nitrogen and oxygen atoms in total. The largest absolute Gasteiger partial charge is 0.360 e. The van der Waals surface area contributed by atoms with Gasteiger partial charge in [-0.2, -0.15) is 0 Å². The molecule has 2 aromatic heterocycles. The van der Waals surface area contributed by atoms with Crippen molar-refractivity contribution >= 4 is 23.1 Å². The van der Waals surface area contributed by atoms with Crippen LogP contribution in [0.5, 0.6) is 0 Å². The topological polar surface area (TPSA) is 58.4 Å². The van der Waals surface area contributed by atoms with E-state index in [0.717, 1.165) is 13.0 Å². The Hall–Kier alpha value is -1.66. The molecule has 3 heterocycles. The average Bonchev–Trinajstić information content (AvgIpc) is 3.02. The fourth-order valence-corrected chi connectivity index (χ4v) is 3.53. The summed E-state index contributed by atoms with van der Waals surface area (Å²) in [5.41, 5.74) is 1.35. The Morgan fingerprint density at radius 2 is 2.50 bits per heavy atom. The predicted octanol–water partition coefficient (Wildman–Crippen LogP) is 2.60. The molecule has 3 rings (SSSR count). The SMILES string of the molecule is Cc1cc(NC(=O)CN2CCc3sccc3[C@H]2C)no1. The number of hydrogen-bond acceptors (Lipinski definition) is 5. The molecular formula is C14H17N3O2S. The molecule has 1 amide bonds. The maximum Gasteiger partial charge on any atom is 0.239 e. The summed E-state index contributed by atoms with van der Waals surface area (Å²) in [5, 5.41) is 8.67. The standard InChI is InChI=1S/C14H17N3O2S/c1-9-7-13(16-19-9)15-14(18)8-17-5-3-12-11(10(17)2)4-6-20-12/h4,6-7,10H,3,5,8H2,1-2H3,(H,15,16,18)/t10-/m1/s1. The van der Waals surface area contributed by atoms with E-state index in [4.69, 9.17) is 4.52 Å². The first-order valence-electron chi connectivity index (χ1n) is 6.67. The van der Waals surface area contributed by atoms with Gasteiger partial charge in [0.2, 0.25) is 5.91 Å². The van der Waals surface area contributed by atoms with E-state index in [2.05, 4.69) is 33.7 Å². The van der Waals surface area contributed by atoms with Gasteiger partial charge in [-0.25, -0.2) is 0 Å². The summed E-state index contributed by atoms with van der Waals surface area (Å²) in [7, 11) is 0. The molecule has 0 bridgehead atoms. The van der Waals surface area contributed by atoms with Crippen LogP contribution in [0, 0.1) is 6.92 Å². The van der Waals surface area contributed by atoms with Crippen LogP contribution < -0.4 is 5.32 Å². The number of aromatic nitrogens is 1. The lowest BCUT2D eigenvalue weighted by atomic mass is 10.0. The number of hydrogen-bond donors (Lipinski definition) is 1. The van der Waals surface area contributed by atoms with Gasteiger partial charge in [-0.15, -0.1) is 11.3 Å². The van der Waals surface area contributed by atoms with E-state index in [1.807, 2.05) is 0 Å². The number of rotatable bonds is 3. The molecule has 20 heavy (non-hydrogen) atoms. The van der Waals surface area contributed by atoms with Gasteiger partial charge in [-0.3, -0.25) is 9.69 Å². The molecule has 1 atom stereocenters. The molecule has 1 N–H and O–H groups in total. The van der Waals surface area contributed by atoms with Crippen molar-refractivity contribution < 1.29 is 9.32 Å². The van der Waals surface area contributed by atoms with Crippen molar-refractivity contribution in [1.82, 2.24) is 10.1 Å². The van der Waals surface area contributed by atoms with Crippen LogP contribution in [0.1, 0.15) is 29.2 Å². The van der Waals surface area contributed by atoms with E-state index in [1.165, 1.54) is 10.4 Å². The maximum absolute atomic E-state index is 12.1. The van der Waals surface area contributed by atoms with Crippen molar-refractivity contribution in [2.45, 2.75) is 26.3 Å². The van der Waals surface area contributed by atoms with Gasteiger partial charge in [0.05, 0.1) is 6.54 Å². The third-order valence-electron chi connectivity index (χ3n) is 3.65. The number of aryl methyl sites for hydroxylation is 1. The molecule has 6 heteroatoms. The first kappa shape index (κ1) is 13.3. The summed E-state index contributed by atoms with van der Waals surface area (Å²) in [4.78, 5) is 15.7. The van der Waals surface area contributed by atoms with E-state index < -0.39 is 0 Å². The highest BCUT2D eigenvalue weighted by Gasteiger charge is 2.26. The highest BCUT2D eigenvalue weighted by atomic mass is 32.1. The van der Waals surface area contributed by atoms with Gasteiger partial charge < -0.3 is 9.84 Å². The lowest BCUT2D eigenvalue weighted by Gasteiger charge is -2.32. The minimum Gasteiger partial charge on any atom is -0.360 e. The fraction of sp³-hybridized carbons (Fsp3) is 0.429. The third-order valence-corrected chi connectivity index (χ3v) is 4.64. The molecule has 106 valence electrons. The minimum atomic E-state index is -0.0520. The quantitative estimate of drug-likeness (QED) is 0.944. The zero-order valence-corrected chi connectivity index (χ0v) is 12.4. The van der Waals surface area contributed by atoms with Crippen molar-refractivity contribution in [3.63, 3.8) is 0 Å². The summed E-state index contributed by atoms with van der Waals surface area (Å²) >= 11 is 1.81. The number of nitrogens with zero attached hydrogens (tertiary/aromatic N) is 2. The summed E-state index contributed by atoms with van der Waals surface area (Å²) in [6, 6.07) is 4.17. The van der Waals surface area contributed by atoms with Gasteiger partial charge in [0.1, 0.15) is 5.76 Å². The summed E-state index contributed by atoms with van der Waals surface area (Å²) in [6.07, 6.45) is 1.02. The van der Waals surface area contributed by atoms with Crippen LogP contribution in [-0.4, -0.2) is 29.1 Å². The summed E-state index contributed by atoms with van der Waals surface area (Å²) in [5.74, 6) is 1.12. The number of nitrogens with one attached hydrogen (secondary N) is 1. The van der Waals surface area contributed by atoms with Crippen LogP contribution in [0.4, 0.5) is 5.82 Å². The Balaban J connectivity index is 1.62. The lowest BCUT2D eigenvalue weighted by molar-refractivity contribution is -0.118. The smallest absolute Gasteiger partial charge is 0.239 e. The van der Waals surface area contributed by atoms with Crippen molar-refractivity contribution in [3.05, 3.63) is 33.7 Å². The highest BCUT2D eigenvalue weighted by Crippen LogP contribution is 2.32. The third kappa shape index (κ3) is 2.62. The Morgan fingerprint density at radius 3 is 3.25 bits per heavy atom. The Morgan fingerprint density at radius 1 is 1.65 bits per heavy atom. The van der Waals surface area contributed by atoms with E-state index in [1.54, 1.807) is 24.3 Å². The van der Waals surface area contributed by atoms with Gasteiger partial charge in [-0.1, -0.05) is 5.16 Å². The molecule has 0 saturated carbocycles. The first-order chi connectivity index (χ1) is 9.63. The molecule has 0 aliphatic carbocycles. The molecule has 0 saturated heterocycles. The molecule has 2 aromatic rings. The molecule has 0 spiro atoms. The van der Waals surface area contributed by atoms with Crippen LogP contribution >= 0.6 is 11.3 Å². The number of carbonyl (C=O) groups is 1. The fourth-order valence-electron chi connectivity index (χ4n) is 2.57. The van der Waals surface area contributed by atoms with Crippen LogP contribution in [-0.2, 0) is 11.2 Å². The van der Waals surface area contributed by atoms with Crippen LogP contribution in [0.15, 0.2) is 22.0 Å². The lowest BCUT2D eigenvalue weighted by Crippen LogP contribution is -2.39.